The van der Waals surface area contributed by atoms with Gasteiger partial charge in [0.1, 0.15) is 0 Å². The lowest BCUT2D eigenvalue weighted by Crippen LogP contribution is -2.21. The van der Waals surface area contributed by atoms with Crippen LogP contribution >= 0.6 is 0 Å². The lowest BCUT2D eigenvalue weighted by Gasteiger charge is -2.10. The Morgan fingerprint density at radius 1 is 1.18 bits per heavy atom. The zero-order valence-electron chi connectivity index (χ0n) is 13.9. The Morgan fingerprint density at radius 2 is 1.95 bits per heavy atom. The van der Waals surface area contributed by atoms with E-state index in [2.05, 4.69) is 19.2 Å². The van der Waals surface area contributed by atoms with Gasteiger partial charge in [0.25, 0.3) is 0 Å². The second-order valence-electron chi connectivity index (χ2n) is 5.09. The number of rotatable bonds is 10. The third kappa shape index (κ3) is 6.66. The summed E-state index contributed by atoms with van der Waals surface area (Å²) < 4.78 is 11.0. The number of carbonyl (C=O) groups is 1. The summed E-state index contributed by atoms with van der Waals surface area (Å²) >= 11 is 0. The number of methoxy groups -OCH3 is 1. The fraction of sp³-hybridized carbons (Fsp3) is 0.500. The van der Waals surface area contributed by atoms with Crippen LogP contribution in [0, 0.1) is 0 Å². The van der Waals surface area contributed by atoms with Crippen LogP contribution < -0.4 is 14.8 Å². The molecule has 0 bridgehead atoms. The van der Waals surface area contributed by atoms with E-state index in [4.69, 9.17) is 9.47 Å². The molecule has 0 aliphatic rings. The Hall–Kier alpha value is -1.97. The van der Waals surface area contributed by atoms with E-state index < -0.39 is 0 Å². The Labute approximate surface area is 133 Å². The highest BCUT2D eigenvalue weighted by molar-refractivity contribution is 5.91. The highest BCUT2D eigenvalue weighted by Gasteiger charge is 2.04. The molecule has 0 aliphatic carbocycles. The van der Waals surface area contributed by atoms with Gasteiger partial charge in [-0.1, -0.05) is 32.8 Å². The molecule has 22 heavy (non-hydrogen) atoms. The van der Waals surface area contributed by atoms with Crippen LogP contribution in [0.25, 0.3) is 6.08 Å². The predicted octanol–water partition coefficient (Wildman–Crippen LogP) is 3.80. The summed E-state index contributed by atoms with van der Waals surface area (Å²) in [5, 5.41) is 2.85. The largest absolute Gasteiger partial charge is 0.493 e. The quantitative estimate of drug-likeness (QED) is 0.528. The monoisotopic (exact) mass is 305 g/mol. The first kappa shape index (κ1) is 18.1. The van der Waals surface area contributed by atoms with Crippen LogP contribution in [0.5, 0.6) is 11.5 Å². The summed E-state index contributed by atoms with van der Waals surface area (Å²) in [5.74, 6) is 1.35. The van der Waals surface area contributed by atoms with Crippen LogP contribution in [0.1, 0.15) is 45.1 Å². The van der Waals surface area contributed by atoms with Crippen LogP contribution in [0.3, 0.4) is 0 Å². The van der Waals surface area contributed by atoms with Crippen molar-refractivity contribution in [1.82, 2.24) is 5.32 Å². The molecular formula is C18H27NO3. The van der Waals surface area contributed by atoms with Crippen molar-refractivity contribution in [3.05, 3.63) is 29.8 Å². The SMILES string of the molecule is CCCCNC(=O)/C=C/c1ccc(OCCCC)c(OC)c1. The molecule has 1 rings (SSSR count). The molecule has 0 spiro atoms. The van der Waals surface area contributed by atoms with E-state index in [1.807, 2.05) is 18.2 Å². The summed E-state index contributed by atoms with van der Waals surface area (Å²) in [6.07, 6.45) is 7.50. The van der Waals surface area contributed by atoms with Crippen molar-refractivity contribution in [2.24, 2.45) is 0 Å². The van der Waals surface area contributed by atoms with E-state index in [9.17, 15) is 4.79 Å². The van der Waals surface area contributed by atoms with Gasteiger partial charge in [-0.25, -0.2) is 0 Å². The number of carbonyl (C=O) groups excluding carboxylic acids is 1. The van der Waals surface area contributed by atoms with Crippen LogP contribution in [-0.4, -0.2) is 26.2 Å². The first-order chi connectivity index (χ1) is 10.7. The van der Waals surface area contributed by atoms with Gasteiger partial charge in [-0.15, -0.1) is 0 Å². The predicted molar refractivity (Wildman–Crippen MR) is 90.3 cm³/mol. The molecule has 122 valence electrons. The van der Waals surface area contributed by atoms with Crippen molar-refractivity contribution < 1.29 is 14.3 Å². The Morgan fingerprint density at radius 3 is 2.64 bits per heavy atom. The molecule has 0 aromatic heterocycles. The molecule has 0 atom stereocenters. The Bertz CT molecular complexity index is 483. The standard InChI is InChI=1S/C18H27NO3/c1-4-6-12-19-18(20)11-9-15-8-10-16(17(14-15)21-3)22-13-7-5-2/h8-11,14H,4-7,12-13H2,1-3H3,(H,19,20)/b11-9+. The molecule has 0 unspecified atom stereocenters. The number of hydrogen-bond acceptors (Lipinski definition) is 3. The maximum Gasteiger partial charge on any atom is 0.243 e. The van der Waals surface area contributed by atoms with E-state index in [0.29, 0.717) is 18.9 Å². The molecule has 0 heterocycles. The number of unbranched alkanes of at least 4 members (excludes halogenated alkanes) is 2. The summed E-state index contributed by atoms with van der Waals surface area (Å²) in [6, 6.07) is 5.67. The Kier molecular flexibility index (Phi) is 8.80. The Balaban J connectivity index is 2.62. The molecule has 0 aliphatic heterocycles. The molecule has 0 saturated heterocycles. The van der Waals surface area contributed by atoms with Gasteiger partial charge in [0, 0.05) is 12.6 Å². The molecule has 1 N–H and O–H groups in total. The van der Waals surface area contributed by atoms with Gasteiger partial charge in [-0.05, 0) is 36.6 Å². The van der Waals surface area contributed by atoms with Crippen molar-refractivity contribution in [3.8, 4) is 11.5 Å². The summed E-state index contributed by atoms with van der Waals surface area (Å²) in [6.45, 7) is 5.62. The van der Waals surface area contributed by atoms with Gasteiger partial charge in [0.2, 0.25) is 5.91 Å². The zero-order valence-corrected chi connectivity index (χ0v) is 13.9. The number of ether oxygens (including phenoxy) is 2. The van der Waals surface area contributed by atoms with Crippen molar-refractivity contribution in [2.75, 3.05) is 20.3 Å². The second kappa shape index (κ2) is 10.7. The molecule has 0 radical (unpaired) electrons. The van der Waals surface area contributed by atoms with Gasteiger partial charge in [-0.2, -0.15) is 0 Å². The van der Waals surface area contributed by atoms with Gasteiger partial charge < -0.3 is 14.8 Å². The fourth-order valence-electron chi connectivity index (χ4n) is 1.85. The first-order valence-electron chi connectivity index (χ1n) is 7.98. The van der Waals surface area contributed by atoms with Crippen LogP contribution in [-0.2, 0) is 4.79 Å². The lowest BCUT2D eigenvalue weighted by atomic mass is 10.2. The summed E-state index contributed by atoms with van der Waals surface area (Å²) in [4.78, 5) is 11.6. The molecule has 1 aromatic rings. The van der Waals surface area contributed by atoms with Crippen molar-refractivity contribution in [1.29, 1.82) is 0 Å². The molecular weight excluding hydrogens is 278 g/mol. The number of nitrogens with one attached hydrogen (secondary N) is 1. The van der Waals surface area contributed by atoms with E-state index in [-0.39, 0.29) is 5.91 Å². The maximum absolute atomic E-state index is 11.6. The zero-order chi connectivity index (χ0) is 16.2. The summed E-state index contributed by atoms with van der Waals surface area (Å²) in [5.41, 5.74) is 0.908. The van der Waals surface area contributed by atoms with Gasteiger partial charge in [0.05, 0.1) is 13.7 Å². The van der Waals surface area contributed by atoms with E-state index >= 15 is 0 Å². The van der Waals surface area contributed by atoms with Crippen molar-refractivity contribution in [2.45, 2.75) is 39.5 Å². The minimum atomic E-state index is -0.0734. The second-order valence-corrected chi connectivity index (χ2v) is 5.09. The normalized spacial score (nSPS) is 10.7. The molecule has 4 nitrogen and oxygen atoms in total. The number of benzene rings is 1. The van der Waals surface area contributed by atoms with Crippen LogP contribution in [0.2, 0.25) is 0 Å². The fourth-order valence-corrected chi connectivity index (χ4v) is 1.85. The number of hydrogen-bond donors (Lipinski definition) is 1. The molecule has 0 saturated carbocycles. The van der Waals surface area contributed by atoms with E-state index in [0.717, 1.165) is 37.0 Å². The average molecular weight is 305 g/mol. The third-order valence-corrected chi connectivity index (χ3v) is 3.20. The minimum absolute atomic E-state index is 0.0734. The van der Waals surface area contributed by atoms with Crippen LogP contribution in [0.15, 0.2) is 24.3 Å². The van der Waals surface area contributed by atoms with Gasteiger partial charge >= 0.3 is 0 Å². The van der Waals surface area contributed by atoms with E-state index in [1.165, 1.54) is 0 Å². The van der Waals surface area contributed by atoms with Gasteiger partial charge in [0.15, 0.2) is 11.5 Å². The third-order valence-electron chi connectivity index (χ3n) is 3.20. The highest BCUT2D eigenvalue weighted by atomic mass is 16.5. The van der Waals surface area contributed by atoms with E-state index in [1.54, 1.807) is 19.3 Å². The molecule has 0 fully saturated rings. The molecule has 4 heteroatoms. The summed E-state index contributed by atoms with van der Waals surface area (Å²) in [7, 11) is 1.62. The lowest BCUT2D eigenvalue weighted by molar-refractivity contribution is -0.116. The van der Waals surface area contributed by atoms with Crippen molar-refractivity contribution in [3.63, 3.8) is 0 Å². The minimum Gasteiger partial charge on any atom is -0.493 e. The van der Waals surface area contributed by atoms with Crippen LogP contribution in [0.4, 0.5) is 0 Å². The van der Waals surface area contributed by atoms with Crippen molar-refractivity contribution >= 4 is 12.0 Å². The first-order valence-corrected chi connectivity index (χ1v) is 7.98. The van der Waals surface area contributed by atoms with Gasteiger partial charge in [-0.3, -0.25) is 4.79 Å². The maximum atomic E-state index is 11.6. The smallest absolute Gasteiger partial charge is 0.243 e. The topological polar surface area (TPSA) is 47.6 Å². The molecule has 1 aromatic carbocycles. The highest BCUT2D eigenvalue weighted by Crippen LogP contribution is 2.28. The average Bonchev–Trinajstić information content (AvgIpc) is 2.54. The number of amides is 1. The molecule has 1 amide bonds.